The van der Waals surface area contributed by atoms with Crippen LogP contribution in [-0.4, -0.2) is 49.1 Å². The minimum absolute atomic E-state index is 0.0507. The zero-order valence-corrected chi connectivity index (χ0v) is 24.9. The van der Waals surface area contributed by atoms with E-state index in [0.717, 1.165) is 31.3 Å². The standard InChI is InChI=1S/C18H16ClF3N2O.C17H20N2/c19-16-12(7-4-8-14(16)18(20,21)22)17(25)24-15-10-23-9-13(15)11-5-2-1-3-6-11;18-17-13-19(11-14-7-3-1-4-8-14)12-16(17)15-9-5-2-6-10-15/h1-8,13,15,23H,9-10H2,(H,24,25);1-10,16-17H,11-13,18H2/t13-,15+;16-,17+/m00/s1. The summed E-state index contributed by atoms with van der Waals surface area (Å²) in [6.07, 6.45) is -4.60. The van der Waals surface area contributed by atoms with E-state index in [-0.39, 0.29) is 23.6 Å². The van der Waals surface area contributed by atoms with Gasteiger partial charge in [0.1, 0.15) is 0 Å². The molecule has 9 heteroatoms. The quantitative estimate of drug-likeness (QED) is 0.232. The summed E-state index contributed by atoms with van der Waals surface area (Å²) in [7, 11) is 0. The second-order valence-corrected chi connectivity index (χ2v) is 11.7. The molecule has 0 aromatic heterocycles. The fourth-order valence-corrected chi connectivity index (χ4v) is 6.31. The number of alkyl halides is 3. The lowest BCUT2D eigenvalue weighted by Gasteiger charge is -2.21. The number of likely N-dealkylation sites (tertiary alicyclic amines) is 1. The van der Waals surface area contributed by atoms with Crippen molar-refractivity contribution in [1.29, 1.82) is 0 Å². The minimum atomic E-state index is -4.60. The van der Waals surface area contributed by atoms with Crippen LogP contribution < -0.4 is 16.4 Å². The predicted molar refractivity (Wildman–Crippen MR) is 169 cm³/mol. The molecule has 2 fully saturated rings. The highest BCUT2D eigenvalue weighted by Gasteiger charge is 2.36. The van der Waals surface area contributed by atoms with Crippen molar-refractivity contribution in [1.82, 2.24) is 15.5 Å². The second-order valence-electron chi connectivity index (χ2n) is 11.3. The SMILES string of the molecule is N[C@@H]1CN(Cc2ccccc2)C[C@H]1c1ccccc1.O=C(N[C@@H]1CNC[C@H]1c1ccccc1)c1cccc(C(F)(F)F)c1Cl. The number of rotatable bonds is 6. The molecule has 0 bridgehead atoms. The Morgan fingerprint density at radius 2 is 1.41 bits per heavy atom. The van der Waals surface area contributed by atoms with Crippen LogP contribution in [0.4, 0.5) is 13.2 Å². The van der Waals surface area contributed by atoms with Gasteiger partial charge in [-0.2, -0.15) is 13.2 Å². The Bertz CT molecular complexity index is 1510. The molecule has 44 heavy (non-hydrogen) atoms. The Hall–Kier alpha value is -3.69. The summed E-state index contributed by atoms with van der Waals surface area (Å²) in [5.41, 5.74) is 8.93. The van der Waals surface area contributed by atoms with Crippen molar-refractivity contribution < 1.29 is 18.0 Å². The Balaban J connectivity index is 0.000000181. The molecular weight excluding hydrogens is 585 g/mol. The van der Waals surface area contributed by atoms with Crippen LogP contribution in [-0.2, 0) is 12.7 Å². The average molecular weight is 621 g/mol. The van der Waals surface area contributed by atoms with Crippen molar-refractivity contribution in [3.63, 3.8) is 0 Å². The lowest BCUT2D eigenvalue weighted by Crippen LogP contribution is -2.39. The van der Waals surface area contributed by atoms with Gasteiger partial charge in [0, 0.05) is 56.6 Å². The van der Waals surface area contributed by atoms with Crippen LogP contribution in [0.1, 0.15) is 44.4 Å². The van der Waals surface area contributed by atoms with Crippen LogP contribution in [0.5, 0.6) is 0 Å². The number of hydrogen-bond donors (Lipinski definition) is 3. The first-order valence-electron chi connectivity index (χ1n) is 14.7. The van der Waals surface area contributed by atoms with Crippen molar-refractivity contribution in [2.75, 3.05) is 26.2 Å². The Labute approximate surface area is 261 Å². The van der Waals surface area contributed by atoms with Crippen molar-refractivity contribution in [3.05, 3.63) is 142 Å². The number of carbonyl (C=O) groups is 1. The van der Waals surface area contributed by atoms with Crippen molar-refractivity contribution in [2.24, 2.45) is 5.73 Å². The normalized spacial score (nSPS) is 21.8. The molecule has 2 saturated heterocycles. The van der Waals surface area contributed by atoms with E-state index in [4.69, 9.17) is 17.3 Å². The van der Waals surface area contributed by atoms with Crippen molar-refractivity contribution in [3.8, 4) is 0 Å². The maximum Gasteiger partial charge on any atom is 0.417 e. The third-order valence-corrected chi connectivity index (χ3v) is 8.63. The van der Waals surface area contributed by atoms with Gasteiger partial charge in [0.05, 0.1) is 16.1 Å². The third kappa shape index (κ3) is 7.87. The second kappa shape index (κ2) is 14.4. The van der Waals surface area contributed by atoms with Crippen LogP contribution in [0.2, 0.25) is 5.02 Å². The maximum atomic E-state index is 13.0. The highest BCUT2D eigenvalue weighted by molar-refractivity contribution is 6.34. The molecular formula is C35H36ClF3N4O. The molecule has 230 valence electrons. The van der Waals surface area contributed by atoms with E-state index in [9.17, 15) is 18.0 Å². The Kier molecular flexibility index (Phi) is 10.4. The van der Waals surface area contributed by atoms with Gasteiger partial charge in [-0.1, -0.05) is 109 Å². The van der Waals surface area contributed by atoms with Gasteiger partial charge in [0.2, 0.25) is 0 Å². The first-order valence-corrected chi connectivity index (χ1v) is 15.1. The summed E-state index contributed by atoms with van der Waals surface area (Å²) < 4.78 is 38.9. The van der Waals surface area contributed by atoms with Crippen LogP contribution in [0, 0.1) is 0 Å². The van der Waals surface area contributed by atoms with Gasteiger partial charge < -0.3 is 16.4 Å². The van der Waals surface area contributed by atoms with Crippen molar-refractivity contribution in [2.45, 2.75) is 36.6 Å². The molecule has 0 aliphatic carbocycles. The highest BCUT2D eigenvalue weighted by atomic mass is 35.5. The molecule has 6 rings (SSSR count). The smallest absolute Gasteiger partial charge is 0.347 e. The van der Waals surface area contributed by atoms with Gasteiger partial charge in [-0.3, -0.25) is 9.69 Å². The molecule has 0 spiro atoms. The lowest BCUT2D eigenvalue weighted by molar-refractivity contribution is -0.137. The first-order chi connectivity index (χ1) is 21.2. The minimum Gasteiger partial charge on any atom is -0.347 e. The molecule has 2 heterocycles. The fraction of sp³-hybridized carbons (Fsp3) is 0.286. The highest BCUT2D eigenvalue weighted by Crippen LogP contribution is 2.36. The van der Waals surface area contributed by atoms with E-state index in [1.807, 2.05) is 30.3 Å². The van der Waals surface area contributed by atoms with Crippen molar-refractivity contribution >= 4 is 17.5 Å². The number of nitrogens with two attached hydrogens (primary N) is 1. The Morgan fingerprint density at radius 1 is 0.818 bits per heavy atom. The molecule has 0 radical (unpaired) electrons. The molecule has 4 atom stereocenters. The van der Waals surface area contributed by atoms with Gasteiger partial charge in [-0.05, 0) is 28.8 Å². The average Bonchev–Trinajstić information content (AvgIpc) is 3.64. The molecule has 4 N–H and O–H groups in total. The molecule has 2 aliphatic rings. The van der Waals surface area contributed by atoms with Gasteiger partial charge >= 0.3 is 6.18 Å². The summed E-state index contributed by atoms with van der Waals surface area (Å²) in [5.74, 6) is -0.0923. The number of nitrogens with zero attached hydrogens (tertiary/aromatic N) is 1. The predicted octanol–water partition coefficient (Wildman–Crippen LogP) is 6.46. The molecule has 0 unspecified atom stereocenters. The number of nitrogens with one attached hydrogen (secondary N) is 2. The summed E-state index contributed by atoms with van der Waals surface area (Å²) >= 11 is 5.83. The molecule has 4 aromatic carbocycles. The van der Waals surface area contributed by atoms with E-state index in [1.54, 1.807) is 0 Å². The topological polar surface area (TPSA) is 70.4 Å². The monoisotopic (exact) mass is 620 g/mol. The zero-order valence-electron chi connectivity index (χ0n) is 24.2. The van der Waals surface area contributed by atoms with E-state index in [0.29, 0.717) is 19.0 Å². The summed E-state index contributed by atoms with van der Waals surface area (Å²) in [5, 5.41) is 5.44. The van der Waals surface area contributed by atoms with Gasteiger partial charge in [-0.15, -0.1) is 0 Å². The van der Waals surface area contributed by atoms with Crippen LogP contribution >= 0.6 is 11.6 Å². The molecule has 1 amide bonds. The van der Waals surface area contributed by atoms with Crippen LogP contribution in [0.3, 0.4) is 0 Å². The van der Waals surface area contributed by atoms with Gasteiger partial charge in [0.25, 0.3) is 5.91 Å². The lowest BCUT2D eigenvalue weighted by atomic mass is 9.94. The fourth-order valence-electron chi connectivity index (χ4n) is 5.99. The van der Waals surface area contributed by atoms with E-state index in [2.05, 4.69) is 76.2 Å². The van der Waals surface area contributed by atoms with E-state index >= 15 is 0 Å². The first kappa shape index (κ1) is 31.7. The molecule has 0 saturated carbocycles. The summed E-state index contributed by atoms with van der Waals surface area (Å²) in [4.78, 5) is 14.9. The third-order valence-electron chi connectivity index (χ3n) is 8.22. The molecule has 2 aliphatic heterocycles. The largest absolute Gasteiger partial charge is 0.417 e. The number of carbonyl (C=O) groups excluding carboxylic acids is 1. The molecule has 5 nitrogen and oxygen atoms in total. The molecule has 4 aromatic rings. The van der Waals surface area contributed by atoms with Crippen LogP contribution in [0.25, 0.3) is 0 Å². The van der Waals surface area contributed by atoms with Crippen LogP contribution in [0.15, 0.2) is 109 Å². The van der Waals surface area contributed by atoms with E-state index in [1.165, 1.54) is 23.3 Å². The maximum absolute atomic E-state index is 13.0. The van der Waals surface area contributed by atoms with Gasteiger partial charge in [0.15, 0.2) is 0 Å². The number of amides is 1. The van der Waals surface area contributed by atoms with Gasteiger partial charge in [-0.25, -0.2) is 0 Å². The summed E-state index contributed by atoms with van der Waals surface area (Å²) in [6, 6.07) is 34.3. The number of halogens is 4. The summed E-state index contributed by atoms with van der Waals surface area (Å²) in [6.45, 7) is 4.26. The zero-order chi connectivity index (χ0) is 31.1. The number of benzene rings is 4. The number of hydrogen-bond acceptors (Lipinski definition) is 4. The Morgan fingerprint density at radius 3 is 2.02 bits per heavy atom. The van der Waals surface area contributed by atoms with E-state index < -0.39 is 22.7 Å².